The number of rotatable bonds is 2. The molecule has 0 bridgehead atoms. The highest BCUT2D eigenvalue weighted by Gasteiger charge is 2.13. The molecule has 2 heterocycles. The predicted molar refractivity (Wildman–Crippen MR) is 75.1 cm³/mol. The SMILES string of the molecule is Cc1nsc(NC(=O)c2cc3ccccc3c(=O)o2)n1. The van der Waals surface area contributed by atoms with Gasteiger partial charge in [0.15, 0.2) is 5.76 Å². The molecule has 3 rings (SSSR count). The molecule has 1 amide bonds. The molecular weight excluding hydrogens is 278 g/mol. The second-order valence-corrected chi connectivity index (χ2v) is 4.84. The van der Waals surface area contributed by atoms with Crippen molar-refractivity contribution in [3.05, 3.63) is 52.3 Å². The maximum Gasteiger partial charge on any atom is 0.344 e. The number of nitrogens with one attached hydrogen (secondary N) is 1. The lowest BCUT2D eigenvalue weighted by Crippen LogP contribution is -2.14. The number of hydrogen-bond acceptors (Lipinski definition) is 6. The van der Waals surface area contributed by atoms with Crippen LogP contribution in [0.1, 0.15) is 16.4 Å². The van der Waals surface area contributed by atoms with Crippen molar-refractivity contribution in [1.29, 1.82) is 0 Å². The first-order valence-corrected chi connectivity index (χ1v) is 6.55. The summed E-state index contributed by atoms with van der Waals surface area (Å²) in [4.78, 5) is 27.8. The highest BCUT2D eigenvalue weighted by Crippen LogP contribution is 2.15. The van der Waals surface area contributed by atoms with Gasteiger partial charge in [-0.3, -0.25) is 10.1 Å². The molecule has 0 aliphatic heterocycles. The van der Waals surface area contributed by atoms with Gasteiger partial charge in [-0.1, -0.05) is 18.2 Å². The Balaban J connectivity index is 1.97. The first-order chi connectivity index (χ1) is 9.63. The Labute approximate surface area is 117 Å². The van der Waals surface area contributed by atoms with Gasteiger partial charge in [0.25, 0.3) is 5.91 Å². The van der Waals surface area contributed by atoms with Gasteiger partial charge in [-0.15, -0.1) is 0 Å². The summed E-state index contributed by atoms with van der Waals surface area (Å²) in [6, 6.07) is 8.45. The molecule has 100 valence electrons. The third kappa shape index (κ3) is 2.30. The molecule has 0 radical (unpaired) electrons. The number of benzene rings is 1. The fraction of sp³-hybridized carbons (Fsp3) is 0.0769. The summed E-state index contributed by atoms with van der Waals surface area (Å²) in [5.41, 5.74) is -0.540. The van der Waals surface area contributed by atoms with Crippen LogP contribution in [0.15, 0.2) is 39.5 Å². The monoisotopic (exact) mass is 287 g/mol. The Morgan fingerprint density at radius 3 is 2.90 bits per heavy atom. The average molecular weight is 287 g/mol. The Morgan fingerprint density at radius 2 is 2.15 bits per heavy atom. The molecular formula is C13H9N3O3S. The molecule has 2 aromatic heterocycles. The van der Waals surface area contributed by atoms with E-state index in [1.54, 1.807) is 31.2 Å². The largest absolute Gasteiger partial charge is 0.417 e. The van der Waals surface area contributed by atoms with Crippen LogP contribution in [0.2, 0.25) is 0 Å². The smallest absolute Gasteiger partial charge is 0.344 e. The summed E-state index contributed by atoms with van der Waals surface area (Å²) in [6.45, 7) is 1.72. The molecule has 1 aromatic carbocycles. The van der Waals surface area contributed by atoms with Crippen molar-refractivity contribution in [2.75, 3.05) is 5.32 Å². The Hall–Kier alpha value is -2.54. The number of anilines is 1. The topological polar surface area (TPSA) is 85.1 Å². The number of aryl methyl sites for hydroxylation is 1. The van der Waals surface area contributed by atoms with Gasteiger partial charge >= 0.3 is 5.63 Å². The fourth-order valence-electron chi connectivity index (χ4n) is 1.75. The molecule has 0 spiro atoms. The Morgan fingerprint density at radius 1 is 1.35 bits per heavy atom. The molecule has 0 aliphatic rings. The van der Waals surface area contributed by atoms with Gasteiger partial charge in [-0.25, -0.2) is 9.78 Å². The quantitative estimate of drug-likeness (QED) is 0.781. The van der Waals surface area contributed by atoms with E-state index in [2.05, 4.69) is 14.7 Å². The molecule has 20 heavy (non-hydrogen) atoms. The lowest BCUT2D eigenvalue weighted by Gasteiger charge is -2.01. The van der Waals surface area contributed by atoms with Crippen LogP contribution in [0.5, 0.6) is 0 Å². The minimum absolute atomic E-state index is 0.0541. The number of hydrogen-bond donors (Lipinski definition) is 1. The lowest BCUT2D eigenvalue weighted by atomic mass is 10.1. The molecule has 0 saturated carbocycles. The summed E-state index contributed by atoms with van der Waals surface area (Å²) >= 11 is 1.07. The molecule has 3 aromatic rings. The summed E-state index contributed by atoms with van der Waals surface area (Å²) in [5.74, 6) is -0.00387. The van der Waals surface area contributed by atoms with E-state index in [0.29, 0.717) is 21.7 Å². The predicted octanol–water partition coefficient (Wildman–Crippen LogP) is 2.21. The maximum atomic E-state index is 12.0. The highest BCUT2D eigenvalue weighted by molar-refractivity contribution is 7.09. The second kappa shape index (κ2) is 4.86. The highest BCUT2D eigenvalue weighted by atomic mass is 32.1. The molecule has 1 N–H and O–H groups in total. The second-order valence-electron chi connectivity index (χ2n) is 4.09. The normalized spacial score (nSPS) is 10.7. The van der Waals surface area contributed by atoms with E-state index in [0.717, 1.165) is 11.5 Å². The zero-order valence-corrected chi connectivity index (χ0v) is 11.2. The third-order valence-electron chi connectivity index (χ3n) is 2.64. The number of carbonyl (C=O) groups is 1. The van der Waals surface area contributed by atoms with Crippen LogP contribution < -0.4 is 10.9 Å². The van der Waals surface area contributed by atoms with Crippen LogP contribution in [-0.4, -0.2) is 15.3 Å². The van der Waals surface area contributed by atoms with Crippen LogP contribution in [-0.2, 0) is 0 Å². The number of fused-ring (bicyclic) bond motifs is 1. The standard InChI is InChI=1S/C13H9N3O3S/c1-7-14-13(20-16-7)15-11(17)10-6-8-4-2-3-5-9(8)12(18)19-10/h2-6H,1H3,(H,14,15,16,17). The van der Waals surface area contributed by atoms with Crippen molar-refractivity contribution in [2.24, 2.45) is 0 Å². The molecule has 0 saturated heterocycles. The van der Waals surface area contributed by atoms with Crippen LogP contribution in [0.3, 0.4) is 0 Å². The molecule has 0 atom stereocenters. The van der Waals surface area contributed by atoms with Crippen LogP contribution in [0.4, 0.5) is 5.13 Å². The molecule has 0 fully saturated rings. The lowest BCUT2D eigenvalue weighted by molar-refractivity contribution is 0.0993. The number of amides is 1. The van der Waals surface area contributed by atoms with Crippen molar-refractivity contribution in [2.45, 2.75) is 6.92 Å². The van der Waals surface area contributed by atoms with Gasteiger partial charge in [0.05, 0.1) is 5.39 Å². The minimum atomic E-state index is -0.540. The van der Waals surface area contributed by atoms with Crippen molar-refractivity contribution < 1.29 is 9.21 Å². The van der Waals surface area contributed by atoms with E-state index in [9.17, 15) is 9.59 Å². The summed E-state index contributed by atoms with van der Waals surface area (Å²) in [6.07, 6.45) is 0. The van der Waals surface area contributed by atoms with E-state index in [1.165, 1.54) is 6.07 Å². The Kier molecular flexibility index (Phi) is 3.03. The van der Waals surface area contributed by atoms with Gasteiger partial charge in [0.2, 0.25) is 5.13 Å². The maximum absolute atomic E-state index is 12.0. The van der Waals surface area contributed by atoms with E-state index in [-0.39, 0.29) is 5.76 Å². The summed E-state index contributed by atoms with van der Waals surface area (Å²) in [7, 11) is 0. The zero-order chi connectivity index (χ0) is 14.1. The van der Waals surface area contributed by atoms with E-state index in [1.807, 2.05) is 0 Å². The van der Waals surface area contributed by atoms with Gasteiger partial charge in [-0.05, 0) is 24.4 Å². The van der Waals surface area contributed by atoms with Crippen molar-refractivity contribution in [3.8, 4) is 0 Å². The van der Waals surface area contributed by atoms with E-state index >= 15 is 0 Å². The van der Waals surface area contributed by atoms with Crippen LogP contribution in [0.25, 0.3) is 10.8 Å². The van der Waals surface area contributed by atoms with E-state index < -0.39 is 11.5 Å². The van der Waals surface area contributed by atoms with Crippen LogP contribution >= 0.6 is 11.5 Å². The van der Waals surface area contributed by atoms with Gasteiger partial charge < -0.3 is 4.42 Å². The van der Waals surface area contributed by atoms with Crippen molar-refractivity contribution in [1.82, 2.24) is 9.36 Å². The fourth-order valence-corrected chi connectivity index (χ4v) is 2.32. The summed E-state index contributed by atoms with van der Waals surface area (Å²) in [5, 5.41) is 4.00. The number of nitrogens with zero attached hydrogens (tertiary/aromatic N) is 2. The summed E-state index contributed by atoms with van der Waals surface area (Å²) < 4.78 is 8.97. The van der Waals surface area contributed by atoms with Gasteiger partial charge in [0, 0.05) is 11.5 Å². The Bertz CT molecular complexity index is 853. The first-order valence-electron chi connectivity index (χ1n) is 5.78. The van der Waals surface area contributed by atoms with E-state index in [4.69, 9.17) is 4.42 Å². The number of carbonyl (C=O) groups excluding carboxylic acids is 1. The molecule has 6 nitrogen and oxygen atoms in total. The minimum Gasteiger partial charge on any atom is -0.417 e. The van der Waals surface area contributed by atoms with Crippen molar-refractivity contribution >= 4 is 33.3 Å². The van der Waals surface area contributed by atoms with Crippen LogP contribution in [0, 0.1) is 6.92 Å². The first kappa shape index (κ1) is 12.5. The number of aromatic nitrogens is 2. The molecule has 7 heteroatoms. The van der Waals surface area contributed by atoms with Crippen molar-refractivity contribution in [3.63, 3.8) is 0 Å². The molecule has 0 aliphatic carbocycles. The average Bonchev–Trinajstić information content (AvgIpc) is 2.84. The van der Waals surface area contributed by atoms with Gasteiger partial charge in [0.1, 0.15) is 5.82 Å². The zero-order valence-electron chi connectivity index (χ0n) is 10.4. The van der Waals surface area contributed by atoms with Gasteiger partial charge in [-0.2, -0.15) is 4.37 Å². The molecule has 0 unspecified atom stereocenters. The third-order valence-corrected chi connectivity index (χ3v) is 3.36.